The number of carbonyl (C=O) groups excluding carboxylic acids is 2. The molecule has 128 valence electrons. The molecule has 0 aromatic rings. The van der Waals surface area contributed by atoms with Crippen molar-refractivity contribution in [1.82, 2.24) is 4.90 Å². The number of fused-ring (bicyclic) bond motifs is 1. The molecule has 0 aromatic carbocycles. The lowest BCUT2D eigenvalue weighted by Crippen LogP contribution is -2.68. The number of ether oxygens (including phenoxy) is 3. The van der Waals surface area contributed by atoms with Crippen molar-refractivity contribution in [3.63, 3.8) is 0 Å². The number of β-lactam (4-membered cyclic amide) rings is 1. The highest BCUT2D eigenvalue weighted by Gasteiger charge is 2.52. The van der Waals surface area contributed by atoms with Gasteiger partial charge in [0.15, 0.2) is 0 Å². The van der Waals surface area contributed by atoms with Crippen molar-refractivity contribution in [3.05, 3.63) is 11.5 Å². The van der Waals surface area contributed by atoms with Gasteiger partial charge >= 0.3 is 6.16 Å². The van der Waals surface area contributed by atoms with Gasteiger partial charge < -0.3 is 19.9 Å². The van der Waals surface area contributed by atoms with Gasteiger partial charge in [-0.15, -0.1) is 11.8 Å². The van der Waals surface area contributed by atoms with Crippen LogP contribution in [0.5, 0.6) is 0 Å². The molecular weight excluding hydrogens is 320 g/mol. The molecule has 1 unspecified atom stereocenters. The predicted molar refractivity (Wildman–Crippen MR) is 84.3 cm³/mol. The third-order valence-electron chi connectivity index (χ3n) is 3.98. The van der Waals surface area contributed by atoms with Gasteiger partial charge in [0, 0.05) is 23.9 Å². The van der Waals surface area contributed by atoms with Crippen molar-refractivity contribution in [2.75, 3.05) is 19.0 Å². The third kappa shape index (κ3) is 3.20. The standard InChI is InChI=1S/C15H22N2O5S/c1-15(2,3)22-14(19)21-12-9(8-4-5-20-6-8)7-23-13-10(16)11(18)17(12)13/h8,10,13H,4-7,16H2,1-3H3/t8?,10-,13-/m1/s1. The van der Waals surface area contributed by atoms with E-state index in [1.165, 1.54) is 4.90 Å². The van der Waals surface area contributed by atoms with Gasteiger partial charge in [-0.1, -0.05) is 0 Å². The zero-order valence-electron chi connectivity index (χ0n) is 13.5. The molecule has 0 aromatic heterocycles. The van der Waals surface area contributed by atoms with Crippen LogP contribution in [0.15, 0.2) is 11.5 Å². The van der Waals surface area contributed by atoms with Crippen LogP contribution < -0.4 is 5.73 Å². The van der Waals surface area contributed by atoms with E-state index in [-0.39, 0.29) is 17.2 Å². The first-order valence-electron chi connectivity index (χ1n) is 7.70. The summed E-state index contributed by atoms with van der Waals surface area (Å²) < 4.78 is 16.1. The van der Waals surface area contributed by atoms with Crippen molar-refractivity contribution in [2.24, 2.45) is 11.7 Å². The zero-order chi connectivity index (χ0) is 16.8. The van der Waals surface area contributed by atoms with E-state index in [1.807, 2.05) is 0 Å². The zero-order valence-corrected chi connectivity index (χ0v) is 14.4. The summed E-state index contributed by atoms with van der Waals surface area (Å²) in [6, 6.07) is -0.543. The Hall–Kier alpha value is -1.25. The SMILES string of the molecule is CC(C)(C)OC(=O)OC1=C(C2CCOC2)CS[C@@H]2[C@H](N)C(=O)N12. The first-order valence-corrected chi connectivity index (χ1v) is 8.74. The maximum absolute atomic E-state index is 12.1. The molecule has 0 saturated carbocycles. The summed E-state index contributed by atoms with van der Waals surface area (Å²) in [7, 11) is 0. The van der Waals surface area contributed by atoms with Crippen molar-refractivity contribution in [1.29, 1.82) is 0 Å². The van der Waals surface area contributed by atoms with Gasteiger partial charge in [-0.25, -0.2) is 4.79 Å². The Morgan fingerprint density at radius 1 is 1.43 bits per heavy atom. The van der Waals surface area contributed by atoms with Crippen molar-refractivity contribution in [2.45, 2.75) is 44.2 Å². The van der Waals surface area contributed by atoms with Crippen LogP contribution in [0.2, 0.25) is 0 Å². The highest BCUT2D eigenvalue weighted by molar-refractivity contribution is 8.00. The lowest BCUT2D eigenvalue weighted by atomic mass is 9.98. The minimum Gasteiger partial charge on any atom is -0.428 e. The van der Waals surface area contributed by atoms with Crippen LogP contribution in [0.3, 0.4) is 0 Å². The largest absolute Gasteiger partial charge is 0.515 e. The fourth-order valence-electron chi connectivity index (χ4n) is 2.84. The van der Waals surface area contributed by atoms with Crippen LogP contribution in [0.4, 0.5) is 4.79 Å². The van der Waals surface area contributed by atoms with E-state index in [0.29, 0.717) is 24.8 Å². The van der Waals surface area contributed by atoms with Crippen LogP contribution in [0.1, 0.15) is 27.2 Å². The molecule has 0 radical (unpaired) electrons. The van der Waals surface area contributed by atoms with Gasteiger partial charge in [-0.3, -0.25) is 9.69 Å². The Morgan fingerprint density at radius 2 is 2.17 bits per heavy atom. The van der Waals surface area contributed by atoms with Gasteiger partial charge in [0.2, 0.25) is 11.8 Å². The second kappa shape index (κ2) is 5.99. The molecule has 3 aliphatic rings. The molecule has 8 heteroatoms. The molecule has 1 amide bonds. The van der Waals surface area contributed by atoms with Gasteiger partial charge in [-0.05, 0) is 27.2 Å². The average Bonchev–Trinajstić information content (AvgIpc) is 2.97. The molecule has 0 aliphatic carbocycles. The minimum absolute atomic E-state index is 0.158. The van der Waals surface area contributed by atoms with E-state index in [1.54, 1.807) is 32.5 Å². The van der Waals surface area contributed by atoms with Gasteiger partial charge in [0.25, 0.3) is 0 Å². The lowest BCUT2D eigenvalue weighted by molar-refractivity contribution is -0.145. The van der Waals surface area contributed by atoms with Gasteiger partial charge in [0.1, 0.15) is 17.0 Å². The highest BCUT2D eigenvalue weighted by atomic mass is 32.2. The average molecular weight is 342 g/mol. The molecule has 2 fully saturated rings. The summed E-state index contributed by atoms with van der Waals surface area (Å²) in [5.74, 6) is 0.904. The first-order chi connectivity index (χ1) is 10.8. The Bertz CT molecular complexity index is 551. The molecular formula is C15H22N2O5S. The summed E-state index contributed by atoms with van der Waals surface area (Å²) >= 11 is 1.60. The monoisotopic (exact) mass is 342 g/mol. The summed E-state index contributed by atoms with van der Waals surface area (Å²) in [5.41, 5.74) is 6.10. The molecule has 2 saturated heterocycles. The second-order valence-electron chi connectivity index (χ2n) is 6.89. The quantitative estimate of drug-likeness (QED) is 0.599. The fraction of sp³-hybridized carbons (Fsp3) is 0.733. The van der Waals surface area contributed by atoms with Gasteiger partial charge in [0.05, 0.1) is 6.61 Å². The lowest BCUT2D eigenvalue weighted by Gasteiger charge is -2.48. The minimum atomic E-state index is -0.803. The van der Waals surface area contributed by atoms with Gasteiger partial charge in [-0.2, -0.15) is 0 Å². The number of rotatable bonds is 2. The molecule has 3 rings (SSSR count). The molecule has 23 heavy (non-hydrogen) atoms. The maximum atomic E-state index is 12.1. The van der Waals surface area contributed by atoms with Crippen LogP contribution in [0.25, 0.3) is 0 Å². The normalized spacial score (nSPS) is 30.9. The Balaban J connectivity index is 1.85. The number of nitrogens with two attached hydrogens (primary N) is 1. The van der Waals surface area contributed by atoms with E-state index in [9.17, 15) is 9.59 Å². The molecule has 0 spiro atoms. The van der Waals surface area contributed by atoms with E-state index in [2.05, 4.69) is 0 Å². The number of hydrogen-bond acceptors (Lipinski definition) is 7. The van der Waals surface area contributed by atoms with Crippen LogP contribution in [0, 0.1) is 5.92 Å². The van der Waals surface area contributed by atoms with E-state index in [0.717, 1.165) is 12.0 Å². The number of hydrogen-bond donors (Lipinski definition) is 1. The summed E-state index contributed by atoms with van der Waals surface area (Å²) in [4.78, 5) is 25.7. The Labute approximate surface area is 139 Å². The number of nitrogens with zero attached hydrogens (tertiary/aromatic N) is 1. The molecule has 0 bridgehead atoms. The van der Waals surface area contributed by atoms with Crippen LogP contribution in [-0.2, 0) is 19.0 Å². The first kappa shape index (κ1) is 16.6. The number of amides is 1. The molecule has 3 heterocycles. The Kier molecular flexibility index (Phi) is 4.33. The van der Waals surface area contributed by atoms with Crippen molar-refractivity contribution in [3.8, 4) is 0 Å². The highest BCUT2D eigenvalue weighted by Crippen LogP contribution is 2.43. The third-order valence-corrected chi connectivity index (χ3v) is 5.30. The topological polar surface area (TPSA) is 91.1 Å². The maximum Gasteiger partial charge on any atom is 0.515 e. The van der Waals surface area contributed by atoms with E-state index in [4.69, 9.17) is 19.9 Å². The summed E-state index contributed by atoms with van der Waals surface area (Å²) in [6.45, 7) is 6.54. The van der Waals surface area contributed by atoms with Crippen LogP contribution in [-0.4, -0.2) is 52.9 Å². The predicted octanol–water partition coefficient (Wildman–Crippen LogP) is 1.43. The summed E-state index contributed by atoms with van der Waals surface area (Å²) in [6.07, 6.45) is 0.0540. The van der Waals surface area contributed by atoms with Crippen molar-refractivity contribution < 1.29 is 23.8 Å². The molecule has 7 nitrogen and oxygen atoms in total. The van der Waals surface area contributed by atoms with Crippen molar-refractivity contribution >= 4 is 23.8 Å². The molecule has 2 N–H and O–H groups in total. The second-order valence-corrected chi connectivity index (χ2v) is 8.00. The number of thioether (sulfide) groups is 1. The van der Waals surface area contributed by atoms with E-state index >= 15 is 0 Å². The summed E-state index contributed by atoms with van der Waals surface area (Å²) in [5, 5.41) is -0.175. The van der Waals surface area contributed by atoms with E-state index < -0.39 is 17.8 Å². The number of carbonyl (C=O) groups is 2. The van der Waals surface area contributed by atoms with Crippen LogP contribution >= 0.6 is 11.8 Å². The Morgan fingerprint density at radius 3 is 2.78 bits per heavy atom. The fourth-order valence-corrected chi connectivity index (χ4v) is 4.22. The molecule has 3 atom stereocenters. The smallest absolute Gasteiger partial charge is 0.428 e. The molecule has 3 aliphatic heterocycles.